The molecule has 2 aromatic heterocycles. The third-order valence-electron chi connectivity index (χ3n) is 3.06. The number of aromatic nitrogens is 3. The second-order valence-corrected chi connectivity index (χ2v) is 5.66. The van der Waals surface area contributed by atoms with Crippen molar-refractivity contribution >= 4 is 11.8 Å². The molecule has 2 heterocycles. The quantitative estimate of drug-likeness (QED) is 0.911. The van der Waals surface area contributed by atoms with Gasteiger partial charge in [-0.15, -0.1) is 0 Å². The Bertz CT molecular complexity index is 561. The number of nitrogens with two attached hydrogens (primary N) is 1. The van der Waals surface area contributed by atoms with E-state index in [4.69, 9.17) is 10.2 Å². The third-order valence-corrected chi connectivity index (χ3v) is 4.13. The van der Waals surface area contributed by atoms with Gasteiger partial charge in [-0.05, 0) is 38.5 Å². The molecule has 0 aliphatic rings. The van der Waals surface area contributed by atoms with Gasteiger partial charge in [-0.1, -0.05) is 6.92 Å². The van der Waals surface area contributed by atoms with E-state index in [1.54, 1.807) is 6.26 Å². The predicted molar refractivity (Wildman–Crippen MR) is 75.3 cm³/mol. The number of aryl methyl sites for hydroxylation is 3. The molecule has 1 atom stereocenters. The molecule has 0 amide bonds. The van der Waals surface area contributed by atoms with Gasteiger partial charge in [0.25, 0.3) is 5.22 Å². The first-order valence-electron chi connectivity index (χ1n) is 6.39. The predicted octanol–water partition coefficient (Wildman–Crippen LogP) is 2.46. The Morgan fingerprint density at radius 2 is 2.21 bits per heavy atom. The summed E-state index contributed by atoms with van der Waals surface area (Å²) in [7, 11) is 1.94. The van der Waals surface area contributed by atoms with Gasteiger partial charge in [0.15, 0.2) is 0 Å². The van der Waals surface area contributed by atoms with Crippen molar-refractivity contribution in [2.24, 2.45) is 12.8 Å². The van der Waals surface area contributed by atoms with E-state index in [0.29, 0.717) is 5.22 Å². The highest BCUT2D eigenvalue weighted by molar-refractivity contribution is 7.99. The molecule has 2 N–H and O–H groups in total. The molecule has 6 heteroatoms. The fourth-order valence-corrected chi connectivity index (χ4v) is 2.89. The fraction of sp³-hybridized carbons (Fsp3) is 0.538. The minimum absolute atomic E-state index is 0.161. The van der Waals surface area contributed by atoms with Gasteiger partial charge >= 0.3 is 0 Å². The fourth-order valence-electron chi connectivity index (χ4n) is 1.91. The molecule has 2 rings (SSSR count). The van der Waals surface area contributed by atoms with E-state index in [1.807, 2.05) is 25.6 Å². The molecular formula is C13H20N4OS. The van der Waals surface area contributed by atoms with Crippen LogP contribution >= 0.6 is 11.8 Å². The molecule has 0 spiro atoms. The van der Waals surface area contributed by atoms with Gasteiger partial charge in [-0.3, -0.25) is 4.68 Å². The number of rotatable bonds is 5. The Morgan fingerprint density at radius 1 is 1.47 bits per heavy atom. The molecule has 5 nitrogen and oxygen atoms in total. The van der Waals surface area contributed by atoms with E-state index >= 15 is 0 Å². The van der Waals surface area contributed by atoms with Crippen LogP contribution in [0.25, 0.3) is 0 Å². The molecule has 0 saturated carbocycles. The van der Waals surface area contributed by atoms with E-state index in [2.05, 4.69) is 17.0 Å². The highest BCUT2D eigenvalue weighted by Crippen LogP contribution is 2.31. The van der Waals surface area contributed by atoms with Crippen LogP contribution in [0, 0.1) is 13.8 Å². The Morgan fingerprint density at radius 3 is 2.79 bits per heavy atom. The Hall–Kier alpha value is -1.27. The van der Waals surface area contributed by atoms with Crippen molar-refractivity contribution in [2.75, 3.05) is 0 Å². The summed E-state index contributed by atoms with van der Waals surface area (Å²) in [5, 5.41) is 6.18. The average molecular weight is 280 g/mol. The second-order valence-electron chi connectivity index (χ2n) is 4.72. The van der Waals surface area contributed by atoms with Gasteiger partial charge in [0, 0.05) is 18.7 Å². The van der Waals surface area contributed by atoms with E-state index in [0.717, 1.165) is 29.3 Å². The van der Waals surface area contributed by atoms with Gasteiger partial charge in [-0.25, -0.2) is 4.98 Å². The SMILES string of the molecule is CCC(N)Cc1c(C)nn(C)c1Sc1nc(C)co1. The van der Waals surface area contributed by atoms with Crippen LogP contribution in [0.1, 0.15) is 30.3 Å². The largest absolute Gasteiger partial charge is 0.439 e. The summed E-state index contributed by atoms with van der Waals surface area (Å²) in [4.78, 5) is 4.32. The molecule has 0 aromatic carbocycles. The summed E-state index contributed by atoms with van der Waals surface area (Å²) >= 11 is 1.50. The summed E-state index contributed by atoms with van der Waals surface area (Å²) in [6.45, 7) is 6.03. The zero-order valence-electron chi connectivity index (χ0n) is 11.8. The summed E-state index contributed by atoms with van der Waals surface area (Å²) in [5.74, 6) is 0. The van der Waals surface area contributed by atoms with Crippen molar-refractivity contribution < 1.29 is 4.42 Å². The maximum atomic E-state index is 6.06. The Kier molecular flexibility index (Phi) is 4.31. The number of hydrogen-bond acceptors (Lipinski definition) is 5. The van der Waals surface area contributed by atoms with Crippen LogP contribution in [-0.2, 0) is 13.5 Å². The molecule has 0 radical (unpaired) electrons. The minimum Gasteiger partial charge on any atom is -0.439 e. The lowest BCUT2D eigenvalue weighted by atomic mass is 10.1. The molecule has 104 valence electrons. The summed E-state index contributed by atoms with van der Waals surface area (Å²) < 4.78 is 7.27. The van der Waals surface area contributed by atoms with Gasteiger partial charge in [-0.2, -0.15) is 5.10 Å². The lowest BCUT2D eigenvalue weighted by Gasteiger charge is -2.09. The van der Waals surface area contributed by atoms with Crippen LogP contribution in [0.2, 0.25) is 0 Å². The molecule has 0 bridgehead atoms. The molecule has 19 heavy (non-hydrogen) atoms. The second kappa shape index (κ2) is 5.79. The molecule has 2 aromatic rings. The van der Waals surface area contributed by atoms with Crippen LogP contribution in [0.5, 0.6) is 0 Å². The van der Waals surface area contributed by atoms with Crippen LogP contribution < -0.4 is 5.73 Å². The first kappa shape index (κ1) is 14.1. The average Bonchev–Trinajstić information content (AvgIpc) is 2.88. The van der Waals surface area contributed by atoms with Gasteiger partial charge in [0.1, 0.15) is 11.3 Å². The van der Waals surface area contributed by atoms with Gasteiger partial charge in [0.05, 0.1) is 11.4 Å². The van der Waals surface area contributed by atoms with Crippen molar-refractivity contribution in [3.05, 3.63) is 23.2 Å². The first-order valence-corrected chi connectivity index (χ1v) is 7.21. The molecule has 0 saturated heterocycles. The van der Waals surface area contributed by atoms with E-state index < -0.39 is 0 Å². The van der Waals surface area contributed by atoms with Crippen LogP contribution in [0.4, 0.5) is 0 Å². The highest BCUT2D eigenvalue weighted by Gasteiger charge is 2.18. The smallest absolute Gasteiger partial charge is 0.262 e. The first-order chi connectivity index (χ1) is 9.01. The van der Waals surface area contributed by atoms with Crippen LogP contribution in [0.3, 0.4) is 0 Å². The van der Waals surface area contributed by atoms with Gasteiger partial charge in [0.2, 0.25) is 0 Å². The standard InChI is InChI=1S/C13H20N4OS/c1-5-10(14)6-11-9(3)16-17(4)12(11)19-13-15-8(2)7-18-13/h7,10H,5-6,14H2,1-4H3. The van der Waals surface area contributed by atoms with Crippen LogP contribution in [-0.4, -0.2) is 20.8 Å². The lowest BCUT2D eigenvalue weighted by molar-refractivity contribution is 0.453. The minimum atomic E-state index is 0.161. The number of nitrogens with zero attached hydrogens (tertiary/aromatic N) is 3. The van der Waals surface area contributed by atoms with Crippen molar-refractivity contribution in [3.8, 4) is 0 Å². The molecule has 0 fully saturated rings. The monoisotopic (exact) mass is 280 g/mol. The summed E-state index contributed by atoms with van der Waals surface area (Å²) in [6.07, 6.45) is 3.44. The third kappa shape index (κ3) is 3.19. The zero-order valence-corrected chi connectivity index (χ0v) is 12.6. The normalized spacial score (nSPS) is 12.9. The van der Waals surface area contributed by atoms with E-state index in [1.165, 1.54) is 17.3 Å². The molecule has 1 unspecified atom stereocenters. The number of hydrogen-bond donors (Lipinski definition) is 1. The lowest BCUT2D eigenvalue weighted by Crippen LogP contribution is -2.21. The Balaban J connectivity index is 2.28. The molecular weight excluding hydrogens is 260 g/mol. The highest BCUT2D eigenvalue weighted by atomic mass is 32.2. The van der Waals surface area contributed by atoms with Gasteiger partial charge < -0.3 is 10.2 Å². The van der Waals surface area contributed by atoms with Crippen molar-refractivity contribution in [1.29, 1.82) is 0 Å². The van der Waals surface area contributed by atoms with Crippen LogP contribution in [0.15, 0.2) is 20.9 Å². The summed E-state index contributed by atoms with van der Waals surface area (Å²) in [5.41, 5.74) is 9.16. The Labute approximate surface area is 117 Å². The van der Waals surface area contributed by atoms with Crippen molar-refractivity contribution in [1.82, 2.24) is 14.8 Å². The van der Waals surface area contributed by atoms with Crippen molar-refractivity contribution in [2.45, 2.75) is 49.9 Å². The van der Waals surface area contributed by atoms with E-state index in [9.17, 15) is 0 Å². The molecule has 0 aliphatic heterocycles. The maximum absolute atomic E-state index is 6.06. The molecule has 0 aliphatic carbocycles. The van der Waals surface area contributed by atoms with E-state index in [-0.39, 0.29) is 6.04 Å². The zero-order chi connectivity index (χ0) is 14.0. The number of oxazole rings is 1. The van der Waals surface area contributed by atoms with Crippen molar-refractivity contribution in [3.63, 3.8) is 0 Å². The summed E-state index contributed by atoms with van der Waals surface area (Å²) in [6, 6.07) is 0.161. The maximum Gasteiger partial charge on any atom is 0.262 e. The topological polar surface area (TPSA) is 69.9 Å².